The standard InChI is InChI=1S/C28H31N5O3.ClH/c1-36-24-12-3-2-10-22(24)26-23-11-5-7-16-32(23)28(35)33(27(26)34)17-9-8-15-30-18-20-31(21-19-30)25-13-4-6-14-29-25;/h2-7,10-14,16H,8-9,15,17-21H2,1H3;1H. The first-order valence-electron chi connectivity index (χ1n) is 12.4. The number of benzene rings is 1. The molecule has 0 atom stereocenters. The molecule has 1 aromatic carbocycles. The van der Waals surface area contributed by atoms with E-state index in [0.717, 1.165) is 51.4 Å². The number of pyridine rings is 2. The van der Waals surface area contributed by atoms with Crippen LogP contribution in [0.3, 0.4) is 0 Å². The largest absolute Gasteiger partial charge is 0.496 e. The number of ether oxygens (including phenoxy) is 1. The average molecular weight is 522 g/mol. The van der Waals surface area contributed by atoms with Crippen molar-refractivity contribution >= 4 is 23.7 Å². The van der Waals surface area contributed by atoms with E-state index >= 15 is 0 Å². The fourth-order valence-electron chi connectivity index (χ4n) is 4.92. The number of hydrogen-bond donors (Lipinski definition) is 0. The van der Waals surface area contributed by atoms with Gasteiger partial charge in [-0.3, -0.25) is 18.7 Å². The van der Waals surface area contributed by atoms with Gasteiger partial charge < -0.3 is 9.64 Å². The third-order valence-corrected chi connectivity index (χ3v) is 6.84. The summed E-state index contributed by atoms with van der Waals surface area (Å²) in [5.74, 6) is 1.63. The number of rotatable bonds is 8. The number of hydrogen-bond acceptors (Lipinski definition) is 6. The molecular weight excluding hydrogens is 490 g/mol. The van der Waals surface area contributed by atoms with Crippen LogP contribution in [0.15, 0.2) is 82.6 Å². The molecule has 1 fully saturated rings. The zero-order valence-electron chi connectivity index (χ0n) is 21.0. The van der Waals surface area contributed by atoms with Crippen LogP contribution in [0.1, 0.15) is 12.8 Å². The van der Waals surface area contributed by atoms with Crippen molar-refractivity contribution in [1.82, 2.24) is 18.9 Å². The quantitative estimate of drug-likeness (QED) is 0.330. The number of aromatic nitrogens is 3. The Bertz CT molecular complexity index is 1450. The molecule has 5 rings (SSSR count). The van der Waals surface area contributed by atoms with Gasteiger partial charge in [-0.15, -0.1) is 12.4 Å². The smallest absolute Gasteiger partial charge is 0.335 e. The molecule has 1 saturated heterocycles. The van der Waals surface area contributed by atoms with E-state index in [4.69, 9.17) is 4.74 Å². The molecule has 0 bridgehead atoms. The van der Waals surface area contributed by atoms with Crippen molar-refractivity contribution in [2.24, 2.45) is 0 Å². The summed E-state index contributed by atoms with van der Waals surface area (Å²) in [5, 5.41) is 0. The van der Waals surface area contributed by atoms with Crippen LogP contribution in [-0.4, -0.2) is 58.7 Å². The van der Waals surface area contributed by atoms with Crippen LogP contribution in [0.2, 0.25) is 0 Å². The molecule has 4 heterocycles. The molecule has 4 aromatic rings. The van der Waals surface area contributed by atoms with E-state index in [1.54, 1.807) is 29.8 Å². The monoisotopic (exact) mass is 521 g/mol. The maximum absolute atomic E-state index is 13.6. The average Bonchev–Trinajstić information content (AvgIpc) is 2.94. The van der Waals surface area contributed by atoms with E-state index in [1.807, 2.05) is 48.7 Å². The highest BCUT2D eigenvalue weighted by molar-refractivity contribution is 5.85. The number of halogens is 1. The fraction of sp³-hybridized carbons (Fsp3) is 0.321. The van der Waals surface area contributed by atoms with Gasteiger partial charge in [0, 0.05) is 50.7 Å². The lowest BCUT2D eigenvalue weighted by molar-refractivity contribution is 0.250. The Kier molecular flexibility index (Phi) is 8.63. The Labute approximate surface area is 222 Å². The predicted molar refractivity (Wildman–Crippen MR) is 149 cm³/mol. The van der Waals surface area contributed by atoms with Gasteiger partial charge in [0.05, 0.1) is 18.2 Å². The number of methoxy groups -OCH3 is 1. The zero-order valence-corrected chi connectivity index (χ0v) is 21.8. The highest BCUT2D eigenvalue weighted by Gasteiger charge is 2.19. The van der Waals surface area contributed by atoms with Crippen molar-refractivity contribution < 1.29 is 4.74 Å². The van der Waals surface area contributed by atoms with Gasteiger partial charge in [-0.1, -0.05) is 30.3 Å². The minimum Gasteiger partial charge on any atom is -0.496 e. The fourth-order valence-corrected chi connectivity index (χ4v) is 4.92. The molecule has 0 amide bonds. The maximum atomic E-state index is 13.6. The first-order valence-corrected chi connectivity index (χ1v) is 12.4. The van der Waals surface area contributed by atoms with Gasteiger partial charge in [0.15, 0.2) is 0 Å². The number of anilines is 1. The SMILES string of the molecule is COc1ccccc1-c1c(=O)n(CCCCN2CCN(c3ccccn3)CC2)c(=O)n2ccccc12.Cl. The van der Waals surface area contributed by atoms with Crippen molar-refractivity contribution in [3.05, 3.63) is 93.9 Å². The van der Waals surface area contributed by atoms with Crippen LogP contribution in [0.25, 0.3) is 16.6 Å². The van der Waals surface area contributed by atoms with Gasteiger partial charge in [-0.25, -0.2) is 9.78 Å². The molecule has 0 saturated carbocycles. The second-order valence-corrected chi connectivity index (χ2v) is 8.99. The van der Waals surface area contributed by atoms with Crippen molar-refractivity contribution in [1.29, 1.82) is 0 Å². The molecule has 8 nitrogen and oxygen atoms in total. The van der Waals surface area contributed by atoms with Crippen LogP contribution in [0.5, 0.6) is 5.75 Å². The summed E-state index contributed by atoms with van der Waals surface area (Å²) in [5.41, 5.74) is 1.17. The number of unbranched alkanes of at least 4 members (excludes halogenated alkanes) is 1. The highest BCUT2D eigenvalue weighted by atomic mass is 35.5. The lowest BCUT2D eigenvalue weighted by Crippen LogP contribution is -2.47. The minimum absolute atomic E-state index is 0. The molecule has 0 unspecified atom stereocenters. The molecular formula is C28H32ClN5O3. The summed E-state index contributed by atoms with van der Waals surface area (Å²) in [6.45, 7) is 5.18. The molecule has 37 heavy (non-hydrogen) atoms. The number of piperazine rings is 1. The Morgan fingerprint density at radius 3 is 2.35 bits per heavy atom. The normalized spacial score (nSPS) is 13.9. The van der Waals surface area contributed by atoms with E-state index in [9.17, 15) is 9.59 Å². The zero-order chi connectivity index (χ0) is 24.9. The first-order chi connectivity index (χ1) is 17.7. The van der Waals surface area contributed by atoms with Gasteiger partial charge in [0.1, 0.15) is 11.6 Å². The van der Waals surface area contributed by atoms with E-state index in [0.29, 0.717) is 28.9 Å². The Morgan fingerprint density at radius 1 is 0.865 bits per heavy atom. The molecule has 3 aromatic heterocycles. The number of fused-ring (bicyclic) bond motifs is 1. The summed E-state index contributed by atoms with van der Waals surface area (Å²) in [7, 11) is 1.59. The summed E-state index contributed by atoms with van der Waals surface area (Å²) >= 11 is 0. The van der Waals surface area contributed by atoms with Crippen LogP contribution < -0.4 is 20.9 Å². The molecule has 0 spiro atoms. The van der Waals surface area contributed by atoms with Crippen molar-refractivity contribution in [3.8, 4) is 16.9 Å². The van der Waals surface area contributed by atoms with E-state index in [1.165, 1.54) is 4.57 Å². The van der Waals surface area contributed by atoms with E-state index < -0.39 is 0 Å². The highest BCUT2D eigenvalue weighted by Crippen LogP contribution is 2.29. The van der Waals surface area contributed by atoms with Gasteiger partial charge in [-0.05, 0) is 49.7 Å². The summed E-state index contributed by atoms with van der Waals surface area (Å²) < 4.78 is 8.45. The Hall–Kier alpha value is -3.62. The van der Waals surface area contributed by atoms with Crippen LogP contribution >= 0.6 is 12.4 Å². The van der Waals surface area contributed by atoms with Gasteiger partial charge in [0.2, 0.25) is 0 Å². The van der Waals surface area contributed by atoms with E-state index in [2.05, 4.69) is 20.9 Å². The summed E-state index contributed by atoms with van der Waals surface area (Å²) in [4.78, 5) is 36.0. The topological polar surface area (TPSA) is 72.1 Å². The lowest BCUT2D eigenvalue weighted by atomic mass is 10.0. The Morgan fingerprint density at radius 2 is 1.59 bits per heavy atom. The summed E-state index contributed by atoms with van der Waals surface area (Å²) in [6.07, 6.45) is 5.21. The molecule has 1 aliphatic rings. The van der Waals surface area contributed by atoms with Crippen molar-refractivity contribution in [2.75, 3.05) is 44.7 Å². The van der Waals surface area contributed by atoms with Crippen LogP contribution in [-0.2, 0) is 6.54 Å². The predicted octanol–water partition coefficient (Wildman–Crippen LogP) is 3.56. The van der Waals surface area contributed by atoms with E-state index in [-0.39, 0.29) is 23.7 Å². The van der Waals surface area contributed by atoms with Gasteiger partial charge in [-0.2, -0.15) is 0 Å². The molecule has 194 valence electrons. The van der Waals surface area contributed by atoms with Crippen molar-refractivity contribution in [2.45, 2.75) is 19.4 Å². The maximum Gasteiger partial charge on any atom is 0.335 e. The molecule has 0 radical (unpaired) electrons. The lowest BCUT2D eigenvalue weighted by Gasteiger charge is -2.35. The van der Waals surface area contributed by atoms with Gasteiger partial charge in [0.25, 0.3) is 5.56 Å². The molecule has 0 N–H and O–H groups in total. The van der Waals surface area contributed by atoms with Crippen LogP contribution in [0, 0.1) is 0 Å². The van der Waals surface area contributed by atoms with Gasteiger partial charge >= 0.3 is 5.69 Å². The number of para-hydroxylation sites is 1. The van der Waals surface area contributed by atoms with Crippen LogP contribution in [0.4, 0.5) is 5.82 Å². The molecule has 9 heteroatoms. The first kappa shape index (κ1) is 26.4. The third kappa shape index (κ3) is 5.55. The minimum atomic E-state index is -0.307. The summed E-state index contributed by atoms with van der Waals surface area (Å²) in [6, 6.07) is 18.9. The third-order valence-electron chi connectivity index (χ3n) is 6.84. The second kappa shape index (κ2) is 12.1. The number of nitrogens with zero attached hydrogens (tertiary/aromatic N) is 5. The Balaban J connectivity index is 0.00000320. The second-order valence-electron chi connectivity index (χ2n) is 8.99. The molecule has 1 aliphatic heterocycles. The van der Waals surface area contributed by atoms with Crippen molar-refractivity contribution in [3.63, 3.8) is 0 Å². The molecule has 0 aliphatic carbocycles.